The van der Waals surface area contributed by atoms with Crippen LogP contribution in [0.15, 0.2) is 0 Å². The van der Waals surface area contributed by atoms with Crippen molar-refractivity contribution in [1.29, 1.82) is 0 Å². The molecule has 0 saturated carbocycles. The molecule has 0 fully saturated rings. The average Bonchev–Trinajstić information content (AvgIpc) is 2.36. The highest BCUT2D eigenvalue weighted by molar-refractivity contribution is 7.80. The molecule has 3 N–H and O–H groups in total. The van der Waals surface area contributed by atoms with Gasteiger partial charge in [-0.3, -0.25) is 5.10 Å². The number of nitrogens with one attached hydrogen (secondary N) is 3. The number of nitrogens with zero attached hydrogens (tertiary/aromatic N) is 1. The number of aromatic nitrogens is 2. The minimum Gasteiger partial charge on any atom is -0.363 e. The van der Waals surface area contributed by atoms with Crippen LogP contribution in [0.2, 0.25) is 0 Å². The molecule has 0 radical (unpaired) electrons. The zero-order chi connectivity index (χ0) is 9.84. The number of rotatable bonds is 2. The van der Waals surface area contributed by atoms with Crippen molar-refractivity contribution in [3.8, 4) is 0 Å². The second-order valence-corrected chi connectivity index (χ2v) is 3.20. The molecule has 0 amide bonds. The Morgan fingerprint density at radius 1 is 1.54 bits per heavy atom. The summed E-state index contributed by atoms with van der Waals surface area (Å²) in [4.78, 5) is 0. The van der Waals surface area contributed by atoms with Crippen LogP contribution in [0.1, 0.15) is 18.3 Å². The molecule has 1 aromatic heterocycles. The first kappa shape index (κ1) is 9.98. The normalized spacial score (nSPS) is 9.77. The van der Waals surface area contributed by atoms with Crippen molar-refractivity contribution in [3.63, 3.8) is 0 Å². The Labute approximate surface area is 83.1 Å². The standard InChI is InChI=1S/C8H14N4S/c1-4-9-8(13)10-7-5(2)11-12-6(7)3/h4H2,1-3H3,(H,11,12)(H2,9,10,13). The maximum atomic E-state index is 5.06. The van der Waals surface area contributed by atoms with Crippen molar-refractivity contribution in [1.82, 2.24) is 15.5 Å². The molecule has 0 saturated heterocycles. The van der Waals surface area contributed by atoms with Crippen molar-refractivity contribution in [2.24, 2.45) is 0 Å². The molecule has 1 aromatic rings. The summed E-state index contributed by atoms with van der Waals surface area (Å²) >= 11 is 5.06. The molecule has 0 aliphatic carbocycles. The molecule has 13 heavy (non-hydrogen) atoms. The average molecular weight is 198 g/mol. The third-order valence-electron chi connectivity index (χ3n) is 1.70. The van der Waals surface area contributed by atoms with E-state index in [0.29, 0.717) is 5.11 Å². The first-order chi connectivity index (χ1) is 6.15. The van der Waals surface area contributed by atoms with Crippen molar-refractivity contribution >= 4 is 23.0 Å². The predicted octanol–water partition coefficient (Wildman–Crippen LogP) is 1.33. The van der Waals surface area contributed by atoms with E-state index in [1.807, 2.05) is 20.8 Å². The van der Waals surface area contributed by atoms with Crippen molar-refractivity contribution in [3.05, 3.63) is 11.4 Å². The molecule has 1 rings (SSSR count). The van der Waals surface area contributed by atoms with Gasteiger partial charge in [-0.15, -0.1) is 0 Å². The predicted molar refractivity (Wildman–Crippen MR) is 58.0 cm³/mol. The highest BCUT2D eigenvalue weighted by Gasteiger charge is 2.06. The van der Waals surface area contributed by atoms with Crippen LogP contribution < -0.4 is 10.6 Å². The Bertz CT molecular complexity index is 286. The number of aryl methyl sites for hydroxylation is 2. The first-order valence-electron chi connectivity index (χ1n) is 4.21. The van der Waals surface area contributed by atoms with E-state index in [1.54, 1.807) is 0 Å². The molecule has 4 nitrogen and oxygen atoms in total. The van der Waals surface area contributed by atoms with Gasteiger partial charge >= 0.3 is 0 Å². The van der Waals surface area contributed by atoms with Crippen LogP contribution in [0.5, 0.6) is 0 Å². The van der Waals surface area contributed by atoms with E-state index in [0.717, 1.165) is 23.6 Å². The van der Waals surface area contributed by atoms with Crippen LogP contribution in [0.25, 0.3) is 0 Å². The molecule has 0 unspecified atom stereocenters. The number of hydrogen-bond donors (Lipinski definition) is 3. The maximum Gasteiger partial charge on any atom is 0.170 e. The van der Waals surface area contributed by atoms with Gasteiger partial charge in [0.15, 0.2) is 5.11 Å². The maximum absolute atomic E-state index is 5.06. The molecule has 1 heterocycles. The zero-order valence-corrected chi connectivity index (χ0v) is 8.88. The van der Waals surface area contributed by atoms with E-state index < -0.39 is 0 Å². The van der Waals surface area contributed by atoms with Crippen LogP contribution in [-0.4, -0.2) is 21.9 Å². The van der Waals surface area contributed by atoms with Crippen LogP contribution in [0, 0.1) is 13.8 Å². The molecule has 0 aromatic carbocycles. The fourth-order valence-electron chi connectivity index (χ4n) is 1.05. The summed E-state index contributed by atoms with van der Waals surface area (Å²) in [6.07, 6.45) is 0. The van der Waals surface area contributed by atoms with Gasteiger partial charge in [-0.2, -0.15) is 5.10 Å². The first-order valence-corrected chi connectivity index (χ1v) is 4.62. The van der Waals surface area contributed by atoms with Crippen LogP contribution >= 0.6 is 12.2 Å². The van der Waals surface area contributed by atoms with Gasteiger partial charge in [-0.05, 0) is 33.0 Å². The Hall–Kier alpha value is -1.10. The third-order valence-corrected chi connectivity index (χ3v) is 1.95. The molecule has 0 atom stereocenters. The lowest BCUT2D eigenvalue weighted by Crippen LogP contribution is -2.28. The van der Waals surface area contributed by atoms with E-state index in [-0.39, 0.29) is 0 Å². The summed E-state index contributed by atoms with van der Waals surface area (Å²) in [7, 11) is 0. The van der Waals surface area contributed by atoms with Crippen LogP contribution in [-0.2, 0) is 0 Å². The van der Waals surface area contributed by atoms with Gasteiger partial charge in [-0.25, -0.2) is 0 Å². The summed E-state index contributed by atoms with van der Waals surface area (Å²) in [5.41, 5.74) is 2.89. The van der Waals surface area contributed by atoms with E-state index in [1.165, 1.54) is 0 Å². The number of thiocarbonyl (C=S) groups is 1. The third kappa shape index (κ3) is 2.42. The highest BCUT2D eigenvalue weighted by atomic mass is 32.1. The van der Waals surface area contributed by atoms with Crippen molar-refractivity contribution < 1.29 is 0 Å². The Kier molecular flexibility index (Phi) is 3.25. The van der Waals surface area contributed by atoms with Gasteiger partial charge in [0, 0.05) is 6.54 Å². The summed E-state index contributed by atoms with van der Waals surface area (Å²) in [6.45, 7) is 6.71. The fraction of sp³-hybridized carbons (Fsp3) is 0.500. The lowest BCUT2D eigenvalue weighted by Gasteiger charge is -2.08. The van der Waals surface area contributed by atoms with Gasteiger partial charge in [0.05, 0.1) is 17.1 Å². The fourth-order valence-corrected chi connectivity index (χ4v) is 1.30. The minimum atomic E-state index is 0.634. The van der Waals surface area contributed by atoms with E-state index in [4.69, 9.17) is 12.2 Å². The van der Waals surface area contributed by atoms with Gasteiger partial charge in [0.25, 0.3) is 0 Å². The minimum absolute atomic E-state index is 0.634. The molecule has 0 spiro atoms. The molecular formula is C8H14N4S. The molecule has 0 aliphatic rings. The SMILES string of the molecule is CCNC(=S)Nc1c(C)n[nH]c1C. The lowest BCUT2D eigenvalue weighted by atomic mass is 10.3. The van der Waals surface area contributed by atoms with Gasteiger partial charge in [-0.1, -0.05) is 0 Å². The molecule has 0 bridgehead atoms. The zero-order valence-electron chi connectivity index (χ0n) is 8.06. The monoisotopic (exact) mass is 198 g/mol. The quantitative estimate of drug-likeness (QED) is 0.628. The highest BCUT2D eigenvalue weighted by Crippen LogP contribution is 2.15. The molecule has 0 aliphatic heterocycles. The lowest BCUT2D eigenvalue weighted by molar-refractivity contribution is 0.979. The molecular weight excluding hydrogens is 184 g/mol. The van der Waals surface area contributed by atoms with E-state index in [2.05, 4.69) is 20.8 Å². The summed E-state index contributed by atoms with van der Waals surface area (Å²) in [5.74, 6) is 0. The van der Waals surface area contributed by atoms with Gasteiger partial charge in [0.2, 0.25) is 0 Å². The number of aromatic amines is 1. The van der Waals surface area contributed by atoms with Crippen LogP contribution in [0.3, 0.4) is 0 Å². The van der Waals surface area contributed by atoms with Gasteiger partial charge in [0.1, 0.15) is 0 Å². The molecule has 5 heteroatoms. The second-order valence-electron chi connectivity index (χ2n) is 2.79. The number of anilines is 1. The summed E-state index contributed by atoms with van der Waals surface area (Å²) < 4.78 is 0. The smallest absolute Gasteiger partial charge is 0.170 e. The Morgan fingerprint density at radius 2 is 2.23 bits per heavy atom. The Morgan fingerprint density at radius 3 is 2.69 bits per heavy atom. The van der Waals surface area contributed by atoms with Gasteiger partial charge < -0.3 is 10.6 Å². The van der Waals surface area contributed by atoms with Crippen molar-refractivity contribution in [2.75, 3.05) is 11.9 Å². The largest absolute Gasteiger partial charge is 0.363 e. The number of hydrogen-bond acceptors (Lipinski definition) is 2. The summed E-state index contributed by atoms with van der Waals surface area (Å²) in [6, 6.07) is 0. The topological polar surface area (TPSA) is 52.7 Å². The molecule has 72 valence electrons. The summed E-state index contributed by atoms with van der Waals surface area (Å²) in [5, 5.41) is 13.7. The van der Waals surface area contributed by atoms with E-state index >= 15 is 0 Å². The Balaban J connectivity index is 2.68. The van der Waals surface area contributed by atoms with E-state index in [9.17, 15) is 0 Å². The van der Waals surface area contributed by atoms with Crippen molar-refractivity contribution in [2.45, 2.75) is 20.8 Å². The van der Waals surface area contributed by atoms with Crippen LogP contribution in [0.4, 0.5) is 5.69 Å². The second kappa shape index (κ2) is 4.23. The number of H-pyrrole nitrogens is 1.